The predicted octanol–water partition coefficient (Wildman–Crippen LogP) is 3.94. The van der Waals surface area contributed by atoms with E-state index >= 15 is 0 Å². The summed E-state index contributed by atoms with van der Waals surface area (Å²) in [6.07, 6.45) is 3.47. The van der Waals surface area contributed by atoms with E-state index in [0.29, 0.717) is 36.9 Å². The zero-order valence-corrected chi connectivity index (χ0v) is 22.4. The minimum atomic E-state index is -0.118. The highest BCUT2D eigenvalue weighted by Crippen LogP contribution is 2.45. The van der Waals surface area contributed by atoms with Crippen LogP contribution in [0.1, 0.15) is 57.7 Å². The molecule has 0 aromatic heterocycles. The number of morpholine rings is 1. The number of carbonyl (C=O) groups excluding carboxylic acids is 1. The summed E-state index contributed by atoms with van der Waals surface area (Å²) in [5.41, 5.74) is 2.68. The molecular formula is C28H44N2O5. The monoisotopic (exact) mass is 488 g/mol. The highest BCUT2D eigenvalue weighted by atomic mass is 16.5. The molecule has 0 aliphatic carbocycles. The lowest BCUT2D eigenvalue weighted by atomic mass is 9.74. The lowest BCUT2D eigenvalue weighted by Gasteiger charge is -2.47. The van der Waals surface area contributed by atoms with Crippen LogP contribution in [-0.2, 0) is 20.7 Å². The average Bonchev–Trinajstić information content (AvgIpc) is 2.80. The maximum Gasteiger partial charge on any atom is 0.320 e. The largest absolute Gasteiger partial charge is 0.493 e. The van der Waals surface area contributed by atoms with Gasteiger partial charge in [-0.1, -0.05) is 13.8 Å². The lowest BCUT2D eigenvalue weighted by molar-refractivity contribution is -0.151. The van der Waals surface area contributed by atoms with Crippen molar-refractivity contribution in [1.82, 2.24) is 9.80 Å². The standard InChI is InChI=1S/C28H44N2O5/c1-18(2)9-22-15-30-8-7-21-11-26(32-5)27(33-6)12-24(21)25(30)10-23(22)17-34-28(31)16-29-13-19(3)35-20(4)14-29/h11-12,18-20,22-23,25H,7-10,13-17H2,1-6H3/t19-,20+,22-,23+,25-/m1/s1. The molecule has 3 aliphatic heterocycles. The summed E-state index contributed by atoms with van der Waals surface area (Å²) in [6.45, 7) is 13.2. The van der Waals surface area contributed by atoms with Gasteiger partial charge < -0.3 is 18.9 Å². The van der Waals surface area contributed by atoms with Crippen LogP contribution in [0.4, 0.5) is 0 Å². The van der Waals surface area contributed by atoms with Crippen molar-refractivity contribution >= 4 is 5.97 Å². The van der Waals surface area contributed by atoms with Crippen molar-refractivity contribution in [2.75, 3.05) is 53.6 Å². The SMILES string of the molecule is COc1cc2c(cc1OC)[C@H]1C[C@@H](COC(=O)CN3C[C@@H](C)O[C@@H](C)C3)[C@H](CC(C)C)CN1CC2. The van der Waals surface area contributed by atoms with E-state index in [2.05, 4.69) is 49.6 Å². The maximum absolute atomic E-state index is 12.8. The van der Waals surface area contributed by atoms with Crippen LogP contribution in [-0.4, -0.2) is 81.5 Å². The molecule has 0 bridgehead atoms. The summed E-state index contributed by atoms with van der Waals surface area (Å²) in [4.78, 5) is 17.6. The van der Waals surface area contributed by atoms with Crippen molar-refractivity contribution in [2.24, 2.45) is 17.8 Å². The Morgan fingerprint density at radius 1 is 1.06 bits per heavy atom. The van der Waals surface area contributed by atoms with Crippen LogP contribution < -0.4 is 9.47 Å². The van der Waals surface area contributed by atoms with Gasteiger partial charge in [0.1, 0.15) is 0 Å². The van der Waals surface area contributed by atoms with Crippen LogP contribution in [0.3, 0.4) is 0 Å². The molecule has 0 radical (unpaired) electrons. The topological polar surface area (TPSA) is 60.5 Å². The van der Waals surface area contributed by atoms with E-state index in [1.807, 2.05) is 0 Å². The predicted molar refractivity (Wildman–Crippen MR) is 136 cm³/mol. The Bertz CT molecular complexity index is 865. The Morgan fingerprint density at radius 2 is 1.74 bits per heavy atom. The summed E-state index contributed by atoms with van der Waals surface area (Å²) in [5, 5.41) is 0. The molecule has 7 heteroatoms. The lowest BCUT2D eigenvalue weighted by Crippen LogP contribution is -2.48. The second-order valence-corrected chi connectivity index (χ2v) is 11.2. The first-order chi connectivity index (χ1) is 16.8. The van der Waals surface area contributed by atoms with Crippen molar-refractivity contribution in [1.29, 1.82) is 0 Å². The zero-order chi connectivity index (χ0) is 25.1. The van der Waals surface area contributed by atoms with E-state index in [1.54, 1.807) is 14.2 Å². The van der Waals surface area contributed by atoms with E-state index in [4.69, 9.17) is 18.9 Å². The van der Waals surface area contributed by atoms with Gasteiger partial charge in [0.05, 0.1) is 39.6 Å². The molecule has 0 saturated carbocycles. The van der Waals surface area contributed by atoms with Gasteiger partial charge in [0.25, 0.3) is 0 Å². The van der Waals surface area contributed by atoms with Crippen LogP contribution in [0.5, 0.6) is 11.5 Å². The molecule has 7 nitrogen and oxygen atoms in total. The zero-order valence-electron chi connectivity index (χ0n) is 22.4. The molecule has 3 aliphatic rings. The van der Waals surface area contributed by atoms with Gasteiger partial charge in [-0.3, -0.25) is 14.6 Å². The molecule has 2 saturated heterocycles. The van der Waals surface area contributed by atoms with Gasteiger partial charge in [-0.2, -0.15) is 0 Å². The molecule has 196 valence electrons. The molecule has 35 heavy (non-hydrogen) atoms. The normalized spacial score (nSPS) is 29.4. The molecule has 0 N–H and O–H groups in total. The van der Waals surface area contributed by atoms with E-state index in [0.717, 1.165) is 56.9 Å². The summed E-state index contributed by atoms with van der Waals surface area (Å²) in [6, 6.07) is 4.63. The van der Waals surface area contributed by atoms with E-state index in [9.17, 15) is 4.79 Å². The fraction of sp³-hybridized carbons (Fsp3) is 0.750. The summed E-state index contributed by atoms with van der Waals surface area (Å²) < 4.78 is 22.9. The van der Waals surface area contributed by atoms with Crippen LogP contribution in [0.2, 0.25) is 0 Å². The molecular weight excluding hydrogens is 444 g/mol. The Hall–Kier alpha value is -1.83. The maximum atomic E-state index is 12.8. The van der Waals surface area contributed by atoms with Gasteiger partial charge >= 0.3 is 5.97 Å². The second-order valence-electron chi connectivity index (χ2n) is 11.2. The van der Waals surface area contributed by atoms with E-state index in [1.165, 1.54) is 11.1 Å². The first-order valence-corrected chi connectivity index (χ1v) is 13.3. The molecule has 4 rings (SSSR count). The first kappa shape index (κ1) is 26.2. The summed E-state index contributed by atoms with van der Waals surface area (Å²) >= 11 is 0. The molecule has 0 unspecified atom stereocenters. The Labute approximate surface area is 211 Å². The average molecular weight is 489 g/mol. The Balaban J connectivity index is 1.45. The summed E-state index contributed by atoms with van der Waals surface area (Å²) in [5.74, 6) is 2.97. The molecule has 1 aromatic carbocycles. The molecule has 3 heterocycles. The van der Waals surface area contributed by atoms with Crippen LogP contribution >= 0.6 is 0 Å². The van der Waals surface area contributed by atoms with Crippen molar-refractivity contribution in [2.45, 2.75) is 65.2 Å². The third-order valence-corrected chi connectivity index (χ3v) is 7.86. The van der Waals surface area contributed by atoms with Crippen molar-refractivity contribution in [3.63, 3.8) is 0 Å². The minimum absolute atomic E-state index is 0.118. The fourth-order valence-electron chi connectivity index (χ4n) is 6.42. The number of methoxy groups -OCH3 is 2. The third-order valence-electron chi connectivity index (χ3n) is 7.86. The molecule has 2 fully saturated rings. The van der Waals surface area contributed by atoms with Crippen LogP contribution in [0.25, 0.3) is 0 Å². The van der Waals surface area contributed by atoms with Gasteiger partial charge in [-0.15, -0.1) is 0 Å². The number of rotatable bonds is 8. The number of piperidine rings is 1. The Kier molecular flexibility index (Phi) is 8.61. The molecule has 0 amide bonds. The fourth-order valence-corrected chi connectivity index (χ4v) is 6.42. The number of esters is 1. The van der Waals surface area contributed by atoms with Gasteiger partial charge in [-0.05, 0) is 74.1 Å². The van der Waals surface area contributed by atoms with Gasteiger partial charge in [0, 0.05) is 32.2 Å². The van der Waals surface area contributed by atoms with Crippen LogP contribution in [0.15, 0.2) is 12.1 Å². The summed E-state index contributed by atoms with van der Waals surface area (Å²) in [7, 11) is 3.39. The minimum Gasteiger partial charge on any atom is -0.493 e. The van der Waals surface area contributed by atoms with E-state index < -0.39 is 0 Å². The number of hydrogen-bond donors (Lipinski definition) is 0. The van der Waals surface area contributed by atoms with Crippen molar-refractivity contribution in [3.8, 4) is 11.5 Å². The number of fused-ring (bicyclic) bond motifs is 3. The second kappa shape index (κ2) is 11.5. The van der Waals surface area contributed by atoms with E-state index in [-0.39, 0.29) is 18.2 Å². The number of carbonyl (C=O) groups is 1. The number of hydrogen-bond acceptors (Lipinski definition) is 7. The smallest absolute Gasteiger partial charge is 0.320 e. The van der Waals surface area contributed by atoms with Crippen molar-refractivity contribution in [3.05, 3.63) is 23.3 Å². The number of nitrogens with zero attached hydrogens (tertiary/aromatic N) is 2. The number of benzene rings is 1. The third kappa shape index (κ3) is 6.30. The van der Waals surface area contributed by atoms with Crippen LogP contribution in [0, 0.1) is 17.8 Å². The van der Waals surface area contributed by atoms with Crippen molar-refractivity contribution < 1.29 is 23.7 Å². The number of ether oxygens (including phenoxy) is 4. The highest BCUT2D eigenvalue weighted by Gasteiger charge is 2.40. The molecule has 5 atom stereocenters. The van der Waals surface area contributed by atoms with Gasteiger partial charge in [0.2, 0.25) is 0 Å². The Morgan fingerprint density at radius 3 is 2.40 bits per heavy atom. The van der Waals surface area contributed by atoms with Gasteiger partial charge in [-0.25, -0.2) is 0 Å². The molecule has 0 spiro atoms. The van der Waals surface area contributed by atoms with Gasteiger partial charge in [0.15, 0.2) is 11.5 Å². The first-order valence-electron chi connectivity index (χ1n) is 13.3. The molecule has 1 aromatic rings. The highest BCUT2D eigenvalue weighted by molar-refractivity contribution is 5.71. The quantitative estimate of drug-likeness (QED) is 0.514.